The van der Waals surface area contributed by atoms with Crippen LogP contribution in [0.4, 0.5) is 17.5 Å². The van der Waals surface area contributed by atoms with Crippen molar-refractivity contribution in [1.82, 2.24) is 9.97 Å². The van der Waals surface area contributed by atoms with Crippen LogP contribution in [0.15, 0.2) is 42.5 Å². The van der Waals surface area contributed by atoms with Crippen LogP contribution in [0.25, 0.3) is 10.9 Å². The molecule has 0 saturated carbocycles. The molecule has 0 atom stereocenters. The Morgan fingerprint density at radius 2 is 1.87 bits per heavy atom. The van der Waals surface area contributed by atoms with Crippen LogP contribution in [0, 0.1) is 0 Å². The zero-order chi connectivity index (χ0) is 16.4. The van der Waals surface area contributed by atoms with E-state index in [9.17, 15) is 0 Å². The molecular formula is C17H17ClN4O. The molecule has 23 heavy (non-hydrogen) atoms. The molecule has 2 aromatic carbocycles. The number of halogens is 1. The number of methoxy groups -OCH3 is 1. The van der Waals surface area contributed by atoms with Gasteiger partial charge in [0.2, 0.25) is 5.95 Å². The Hall–Kier alpha value is -2.53. The molecule has 0 amide bonds. The topological polar surface area (TPSA) is 50.3 Å². The molecule has 0 spiro atoms. The standard InChI is InChI=1S/C17H17ClN4O/c1-22(2)16-12-6-4-5-7-13(12)19-17(21-16)20-14-10-11(18)8-9-15(14)23-3/h4-10H,1-3H3,(H,19,20,21). The van der Waals surface area contributed by atoms with Gasteiger partial charge in [0.15, 0.2) is 0 Å². The summed E-state index contributed by atoms with van der Waals surface area (Å²) in [5, 5.41) is 4.81. The quantitative estimate of drug-likeness (QED) is 0.781. The highest BCUT2D eigenvalue weighted by molar-refractivity contribution is 6.31. The van der Waals surface area contributed by atoms with E-state index in [1.807, 2.05) is 43.3 Å². The molecule has 5 nitrogen and oxygen atoms in total. The smallest absolute Gasteiger partial charge is 0.229 e. The summed E-state index contributed by atoms with van der Waals surface area (Å²) in [4.78, 5) is 11.1. The van der Waals surface area contributed by atoms with Gasteiger partial charge in [0.25, 0.3) is 0 Å². The van der Waals surface area contributed by atoms with E-state index in [-0.39, 0.29) is 0 Å². The number of ether oxygens (including phenoxy) is 1. The Morgan fingerprint density at radius 3 is 2.61 bits per heavy atom. The SMILES string of the molecule is COc1ccc(Cl)cc1Nc1nc(N(C)C)c2ccccc2n1. The zero-order valence-corrected chi connectivity index (χ0v) is 13.9. The van der Waals surface area contributed by atoms with Gasteiger partial charge in [-0.15, -0.1) is 0 Å². The van der Waals surface area contributed by atoms with Crippen molar-refractivity contribution in [3.63, 3.8) is 0 Å². The number of aromatic nitrogens is 2. The largest absolute Gasteiger partial charge is 0.495 e. The fourth-order valence-corrected chi connectivity index (χ4v) is 2.53. The molecule has 0 saturated heterocycles. The van der Waals surface area contributed by atoms with Gasteiger partial charge in [-0.25, -0.2) is 4.98 Å². The fraction of sp³-hybridized carbons (Fsp3) is 0.176. The van der Waals surface area contributed by atoms with Gasteiger partial charge in [0, 0.05) is 24.5 Å². The molecule has 118 valence electrons. The highest BCUT2D eigenvalue weighted by Gasteiger charge is 2.11. The van der Waals surface area contributed by atoms with Crippen LogP contribution in [0.1, 0.15) is 0 Å². The first-order chi connectivity index (χ1) is 11.1. The third kappa shape index (κ3) is 3.14. The molecule has 0 radical (unpaired) electrons. The van der Waals surface area contributed by atoms with E-state index in [2.05, 4.69) is 15.3 Å². The minimum Gasteiger partial charge on any atom is -0.495 e. The van der Waals surface area contributed by atoms with E-state index in [0.29, 0.717) is 16.7 Å². The Bertz CT molecular complexity index is 851. The Kier molecular flexibility index (Phi) is 4.21. The molecule has 1 N–H and O–H groups in total. The summed E-state index contributed by atoms with van der Waals surface area (Å²) in [5.41, 5.74) is 1.59. The normalized spacial score (nSPS) is 10.6. The van der Waals surface area contributed by atoms with Crippen molar-refractivity contribution in [3.05, 3.63) is 47.5 Å². The van der Waals surface area contributed by atoms with Gasteiger partial charge in [-0.1, -0.05) is 23.7 Å². The lowest BCUT2D eigenvalue weighted by molar-refractivity contribution is 0.417. The Balaban J connectivity index is 2.09. The monoisotopic (exact) mass is 328 g/mol. The Labute approximate surface area is 139 Å². The van der Waals surface area contributed by atoms with Crippen LogP contribution in [-0.2, 0) is 0 Å². The summed E-state index contributed by atoms with van der Waals surface area (Å²) in [7, 11) is 5.53. The average Bonchev–Trinajstić information content (AvgIpc) is 2.54. The van der Waals surface area contributed by atoms with E-state index >= 15 is 0 Å². The number of nitrogens with one attached hydrogen (secondary N) is 1. The van der Waals surface area contributed by atoms with Gasteiger partial charge in [0.05, 0.1) is 18.3 Å². The van der Waals surface area contributed by atoms with Crippen LogP contribution >= 0.6 is 11.6 Å². The molecule has 0 unspecified atom stereocenters. The fourth-order valence-electron chi connectivity index (χ4n) is 2.35. The van der Waals surface area contributed by atoms with Crippen LogP contribution in [0.2, 0.25) is 5.02 Å². The first kappa shape index (κ1) is 15.4. The van der Waals surface area contributed by atoms with Crippen molar-refractivity contribution < 1.29 is 4.74 Å². The minimum absolute atomic E-state index is 0.493. The van der Waals surface area contributed by atoms with E-state index in [1.54, 1.807) is 25.3 Å². The summed E-state index contributed by atoms with van der Waals surface area (Å²) >= 11 is 6.07. The maximum Gasteiger partial charge on any atom is 0.229 e. The minimum atomic E-state index is 0.493. The summed E-state index contributed by atoms with van der Waals surface area (Å²) < 4.78 is 5.35. The number of anilines is 3. The number of para-hydroxylation sites is 1. The van der Waals surface area contributed by atoms with Crippen molar-refractivity contribution in [2.45, 2.75) is 0 Å². The van der Waals surface area contributed by atoms with E-state index in [0.717, 1.165) is 22.4 Å². The second kappa shape index (κ2) is 6.30. The lowest BCUT2D eigenvalue weighted by Gasteiger charge is -2.16. The molecule has 0 aliphatic rings. The summed E-state index contributed by atoms with van der Waals surface area (Å²) in [6.07, 6.45) is 0. The highest BCUT2D eigenvalue weighted by Crippen LogP contribution is 2.31. The van der Waals surface area contributed by atoms with Gasteiger partial charge in [-0.2, -0.15) is 4.98 Å². The summed E-state index contributed by atoms with van der Waals surface area (Å²) in [5.74, 6) is 2.02. The average molecular weight is 329 g/mol. The molecule has 3 aromatic rings. The van der Waals surface area contributed by atoms with E-state index in [4.69, 9.17) is 16.3 Å². The van der Waals surface area contributed by atoms with Crippen LogP contribution < -0.4 is 15.0 Å². The van der Waals surface area contributed by atoms with Gasteiger partial charge < -0.3 is 15.0 Å². The maximum atomic E-state index is 6.07. The predicted molar refractivity (Wildman–Crippen MR) is 95.2 cm³/mol. The van der Waals surface area contributed by atoms with Gasteiger partial charge in [-0.3, -0.25) is 0 Å². The second-order valence-corrected chi connectivity index (χ2v) is 5.69. The van der Waals surface area contributed by atoms with Crippen LogP contribution in [0.3, 0.4) is 0 Å². The van der Waals surface area contributed by atoms with Crippen molar-refractivity contribution in [2.75, 3.05) is 31.4 Å². The molecule has 0 aliphatic carbocycles. The number of nitrogens with zero attached hydrogens (tertiary/aromatic N) is 3. The number of rotatable bonds is 4. The van der Waals surface area contributed by atoms with Crippen LogP contribution in [-0.4, -0.2) is 31.2 Å². The van der Waals surface area contributed by atoms with Crippen molar-refractivity contribution in [1.29, 1.82) is 0 Å². The molecule has 0 bridgehead atoms. The lowest BCUT2D eigenvalue weighted by Crippen LogP contribution is -2.13. The van der Waals surface area contributed by atoms with E-state index < -0.39 is 0 Å². The van der Waals surface area contributed by atoms with Crippen molar-refractivity contribution >= 4 is 40.0 Å². The van der Waals surface area contributed by atoms with E-state index in [1.165, 1.54) is 0 Å². The van der Waals surface area contributed by atoms with Gasteiger partial charge in [0.1, 0.15) is 11.6 Å². The molecule has 1 heterocycles. The molecule has 3 rings (SSSR count). The molecule has 6 heteroatoms. The number of hydrogen-bond acceptors (Lipinski definition) is 5. The first-order valence-electron chi connectivity index (χ1n) is 7.13. The molecule has 0 aliphatic heterocycles. The zero-order valence-electron chi connectivity index (χ0n) is 13.2. The second-order valence-electron chi connectivity index (χ2n) is 5.25. The van der Waals surface area contributed by atoms with Crippen LogP contribution in [0.5, 0.6) is 5.75 Å². The third-order valence-corrected chi connectivity index (χ3v) is 3.65. The molecular weight excluding hydrogens is 312 g/mol. The first-order valence-corrected chi connectivity index (χ1v) is 7.51. The molecule has 1 aromatic heterocycles. The number of hydrogen-bond donors (Lipinski definition) is 1. The lowest BCUT2D eigenvalue weighted by atomic mass is 10.2. The summed E-state index contributed by atoms with van der Waals surface area (Å²) in [6.45, 7) is 0. The number of benzene rings is 2. The van der Waals surface area contributed by atoms with Gasteiger partial charge >= 0.3 is 0 Å². The molecule has 0 fully saturated rings. The van der Waals surface area contributed by atoms with Crippen molar-refractivity contribution in [2.24, 2.45) is 0 Å². The third-order valence-electron chi connectivity index (χ3n) is 3.41. The van der Waals surface area contributed by atoms with Gasteiger partial charge in [-0.05, 0) is 30.3 Å². The maximum absolute atomic E-state index is 6.07. The Morgan fingerprint density at radius 1 is 1.09 bits per heavy atom. The van der Waals surface area contributed by atoms with Crippen molar-refractivity contribution in [3.8, 4) is 5.75 Å². The predicted octanol–water partition coefficient (Wildman–Crippen LogP) is 4.10. The highest BCUT2D eigenvalue weighted by atomic mass is 35.5. The number of fused-ring (bicyclic) bond motifs is 1. The summed E-state index contributed by atoms with van der Waals surface area (Å²) in [6, 6.07) is 13.3.